The van der Waals surface area contributed by atoms with Gasteiger partial charge in [0, 0.05) is 0 Å². The van der Waals surface area contributed by atoms with E-state index in [0.717, 1.165) is 24.0 Å². The van der Waals surface area contributed by atoms with Crippen molar-refractivity contribution < 1.29 is 14.3 Å². The van der Waals surface area contributed by atoms with Gasteiger partial charge in [0.25, 0.3) is 0 Å². The first kappa shape index (κ1) is 17.1. The second kappa shape index (κ2) is 6.65. The lowest BCUT2D eigenvalue weighted by atomic mass is 9.96. The van der Waals surface area contributed by atoms with Gasteiger partial charge in [-0.2, -0.15) is 0 Å². The molecule has 0 saturated carbocycles. The van der Waals surface area contributed by atoms with Gasteiger partial charge in [0.1, 0.15) is 5.82 Å². The Morgan fingerprint density at radius 1 is 1.25 bits per heavy atom. The Balaban J connectivity index is 2.85. The van der Waals surface area contributed by atoms with Gasteiger partial charge < -0.3 is 9.90 Å². The molecule has 4 heteroatoms. The van der Waals surface area contributed by atoms with Crippen molar-refractivity contribution in [3.05, 3.63) is 41.7 Å². The third-order valence-electron chi connectivity index (χ3n) is 4.23. The average molecular weight is 296 g/mol. The van der Waals surface area contributed by atoms with Gasteiger partial charge in [0.05, 0.1) is 6.61 Å². The van der Waals surface area contributed by atoms with Gasteiger partial charge in [0.15, 0.2) is 8.32 Å². The Morgan fingerprint density at radius 3 is 2.25 bits per heavy atom. The smallest absolute Gasteiger partial charge is 0.188 e. The van der Waals surface area contributed by atoms with Gasteiger partial charge in [-0.15, -0.1) is 0 Å². The van der Waals surface area contributed by atoms with E-state index >= 15 is 0 Å². The first-order valence-corrected chi connectivity index (χ1v) is 9.90. The van der Waals surface area contributed by atoms with E-state index in [1.807, 2.05) is 13.1 Å². The molecule has 2 nitrogen and oxygen atoms in total. The number of hydrogen-bond acceptors (Lipinski definition) is 2. The number of halogens is 1. The highest BCUT2D eigenvalue weighted by atomic mass is 28.4. The second-order valence-corrected chi connectivity index (χ2v) is 10.8. The van der Waals surface area contributed by atoms with Crippen molar-refractivity contribution in [2.24, 2.45) is 0 Å². The first-order chi connectivity index (χ1) is 9.17. The predicted molar refractivity (Wildman–Crippen MR) is 84.4 cm³/mol. The van der Waals surface area contributed by atoms with Crippen LogP contribution in [0.3, 0.4) is 0 Å². The van der Waals surface area contributed by atoms with Gasteiger partial charge >= 0.3 is 0 Å². The molecule has 0 aromatic heterocycles. The van der Waals surface area contributed by atoms with Crippen molar-refractivity contribution >= 4 is 13.9 Å². The SMILES string of the molecule is CC(C)(CC/C(=C/CO)c1ccc(F)cc1)[Si](C)(C)O. The second-order valence-electron chi connectivity index (χ2n) is 6.36. The maximum atomic E-state index is 13.0. The highest BCUT2D eigenvalue weighted by Gasteiger charge is 2.37. The number of rotatable bonds is 6. The predicted octanol–water partition coefficient (Wildman–Crippen LogP) is 3.96. The fourth-order valence-electron chi connectivity index (χ4n) is 1.89. The lowest BCUT2D eigenvalue weighted by molar-refractivity contribution is 0.343. The number of hydrogen-bond donors (Lipinski definition) is 2. The molecule has 0 atom stereocenters. The number of aliphatic hydroxyl groups is 1. The van der Waals surface area contributed by atoms with Crippen molar-refractivity contribution in [1.29, 1.82) is 0 Å². The monoisotopic (exact) mass is 296 g/mol. The van der Waals surface area contributed by atoms with Gasteiger partial charge in [-0.3, -0.25) is 0 Å². The minimum atomic E-state index is -2.23. The summed E-state index contributed by atoms with van der Waals surface area (Å²) in [5.74, 6) is -0.263. The Bertz CT molecular complexity index is 458. The number of aliphatic hydroxyl groups excluding tert-OH is 1. The molecule has 0 bridgehead atoms. The van der Waals surface area contributed by atoms with E-state index < -0.39 is 8.32 Å². The quantitative estimate of drug-likeness (QED) is 0.780. The molecule has 0 radical (unpaired) electrons. The zero-order valence-electron chi connectivity index (χ0n) is 12.8. The highest BCUT2D eigenvalue weighted by molar-refractivity contribution is 6.72. The summed E-state index contributed by atoms with van der Waals surface area (Å²) in [5.41, 5.74) is 1.92. The van der Waals surface area contributed by atoms with Crippen LogP contribution >= 0.6 is 0 Å². The van der Waals surface area contributed by atoms with Crippen molar-refractivity contribution in [2.45, 2.75) is 44.8 Å². The average Bonchev–Trinajstić information content (AvgIpc) is 2.34. The molecular weight excluding hydrogens is 271 g/mol. The summed E-state index contributed by atoms with van der Waals surface area (Å²) in [7, 11) is -2.23. The van der Waals surface area contributed by atoms with Gasteiger partial charge in [-0.25, -0.2) is 4.39 Å². The van der Waals surface area contributed by atoms with Crippen molar-refractivity contribution in [3.8, 4) is 0 Å². The van der Waals surface area contributed by atoms with Crippen LogP contribution in [0.1, 0.15) is 32.3 Å². The van der Waals surface area contributed by atoms with Crippen molar-refractivity contribution in [1.82, 2.24) is 0 Å². The van der Waals surface area contributed by atoms with Crippen LogP contribution < -0.4 is 0 Å². The molecular formula is C16H25FO2Si. The summed E-state index contributed by atoms with van der Waals surface area (Å²) in [5, 5.41) is 9.04. The molecule has 1 aromatic rings. The van der Waals surface area contributed by atoms with Gasteiger partial charge in [0.2, 0.25) is 0 Å². The Labute approximate surface area is 122 Å². The summed E-state index contributed by atoms with van der Waals surface area (Å²) in [6.45, 7) is 8.02. The summed E-state index contributed by atoms with van der Waals surface area (Å²) in [6.07, 6.45) is 3.36. The summed E-state index contributed by atoms with van der Waals surface area (Å²) >= 11 is 0. The van der Waals surface area contributed by atoms with E-state index in [9.17, 15) is 9.19 Å². The van der Waals surface area contributed by atoms with Gasteiger partial charge in [-0.1, -0.05) is 32.1 Å². The molecule has 0 aliphatic carbocycles. The zero-order valence-corrected chi connectivity index (χ0v) is 13.8. The van der Waals surface area contributed by atoms with Crippen LogP contribution in [0.5, 0.6) is 0 Å². The summed E-state index contributed by atoms with van der Waals surface area (Å²) in [4.78, 5) is 10.3. The Morgan fingerprint density at radius 2 is 1.80 bits per heavy atom. The van der Waals surface area contributed by atoms with E-state index in [2.05, 4.69) is 13.8 Å². The van der Waals surface area contributed by atoms with E-state index in [-0.39, 0.29) is 17.5 Å². The molecule has 112 valence electrons. The number of allylic oxidation sites excluding steroid dienone is 1. The molecule has 0 aliphatic rings. The molecule has 0 saturated heterocycles. The van der Waals surface area contributed by atoms with Crippen LogP contribution in [0.25, 0.3) is 5.57 Å². The maximum Gasteiger partial charge on any atom is 0.188 e. The molecule has 0 spiro atoms. The summed E-state index contributed by atoms with van der Waals surface area (Å²) < 4.78 is 13.0. The first-order valence-electron chi connectivity index (χ1n) is 6.95. The maximum absolute atomic E-state index is 13.0. The lowest BCUT2D eigenvalue weighted by Crippen LogP contribution is -2.38. The minimum absolute atomic E-state index is 0.0346. The van der Waals surface area contributed by atoms with E-state index in [1.165, 1.54) is 12.1 Å². The topological polar surface area (TPSA) is 40.5 Å². The van der Waals surface area contributed by atoms with Crippen LogP contribution in [0.4, 0.5) is 4.39 Å². The highest BCUT2D eigenvalue weighted by Crippen LogP contribution is 2.41. The molecule has 2 N–H and O–H groups in total. The molecule has 0 aliphatic heterocycles. The van der Waals surface area contributed by atoms with Crippen LogP contribution in [0.2, 0.25) is 18.1 Å². The largest absolute Gasteiger partial charge is 0.432 e. The molecule has 1 rings (SSSR count). The lowest BCUT2D eigenvalue weighted by Gasteiger charge is -2.35. The molecule has 20 heavy (non-hydrogen) atoms. The van der Waals surface area contributed by atoms with E-state index in [0.29, 0.717) is 0 Å². The standard InChI is InChI=1S/C16H25FO2Si/c1-16(2,20(3,4)19)11-9-14(10-12-18)13-5-7-15(17)8-6-13/h5-8,10,18-19H,9,11-12H2,1-4H3/b14-10-. The third kappa shape index (κ3) is 4.54. The van der Waals surface area contributed by atoms with Crippen LogP contribution in [-0.4, -0.2) is 24.8 Å². The van der Waals surface area contributed by atoms with Crippen molar-refractivity contribution in [3.63, 3.8) is 0 Å². The fourth-order valence-corrected chi connectivity index (χ4v) is 2.63. The third-order valence-corrected chi connectivity index (χ3v) is 7.79. The number of benzene rings is 1. The van der Waals surface area contributed by atoms with E-state index in [1.54, 1.807) is 18.2 Å². The van der Waals surface area contributed by atoms with Gasteiger partial charge in [-0.05, 0) is 54.2 Å². The molecule has 0 unspecified atom stereocenters. The molecule has 0 heterocycles. The fraction of sp³-hybridized carbons (Fsp3) is 0.500. The van der Waals surface area contributed by atoms with Crippen LogP contribution in [0.15, 0.2) is 30.3 Å². The minimum Gasteiger partial charge on any atom is -0.432 e. The Kier molecular flexibility index (Phi) is 5.68. The normalized spacial score (nSPS) is 13.7. The Hall–Kier alpha value is -0.973. The van der Waals surface area contributed by atoms with E-state index in [4.69, 9.17) is 5.11 Å². The molecule has 1 aromatic carbocycles. The van der Waals surface area contributed by atoms with Crippen molar-refractivity contribution in [2.75, 3.05) is 6.61 Å². The molecule has 0 fully saturated rings. The van der Waals surface area contributed by atoms with Crippen LogP contribution in [-0.2, 0) is 0 Å². The zero-order chi connectivity index (χ0) is 15.4. The van der Waals surface area contributed by atoms with Crippen LogP contribution in [0, 0.1) is 5.82 Å². The molecule has 0 amide bonds. The summed E-state index contributed by atoms with van der Waals surface area (Å²) in [6, 6.07) is 6.31.